The van der Waals surface area contributed by atoms with Gasteiger partial charge in [0.05, 0.1) is 12.2 Å². The van der Waals surface area contributed by atoms with Gasteiger partial charge in [-0.2, -0.15) is 0 Å². The minimum atomic E-state index is -0.425. The zero-order chi connectivity index (χ0) is 16.3. The number of thiophene rings is 1. The maximum absolute atomic E-state index is 12.3. The van der Waals surface area contributed by atoms with Crippen molar-refractivity contribution in [2.75, 3.05) is 11.9 Å². The first kappa shape index (κ1) is 16.5. The number of amides is 1. The van der Waals surface area contributed by atoms with Crippen molar-refractivity contribution >= 4 is 39.8 Å². The van der Waals surface area contributed by atoms with E-state index < -0.39 is 5.97 Å². The van der Waals surface area contributed by atoms with Gasteiger partial charge < -0.3 is 10.1 Å². The van der Waals surface area contributed by atoms with Crippen LogP contribution in [0.5, 0.6) is 0 Å². The highest BCUT2D eigenvalue weighted by molar-refractivity contribution is 7.16. The van der Waals surface area contributed by atoms with Crippen molar-refractivity contribution in [3.05, 3.63) is 50.9 Å². The number of anilines is 1. The van der Waals surface area contributed by atoms with Crippen LogP contribution in [0.1, 0.15) is 38.1 Å². The highest BCUT2D eigenvalue weighted by atomic mass is 35.5. The van der Waals surface area contributed by atoms with E-state index in [4.69, 9.17) is 16.3 Å². The Bertz CT molecular complexity index is 724. The number of aryl methyl sites for hydroxylation is 1. The molecule has 0 aliphatic heterocycles. The van der Waals surface area contributed by atoms with Crippen molar-refractivity contribution in [3.8, 4) is 0 Å². The van der Waals surface area contributed by atoms with E-state index in [0.717, 1.165) is 10.4 Å². The smallest absolute Gasteiger partial charge is 0.341 e. The van der Waals surface area contributed by atoms with Crippen LogP contribution in [0, 0.1) is 13.8 Å². The summed E-state index contributed by atoms with van der Waals surface area (Å²) in [6.45, 7) is 5.77. The molecule has 0 saturated carbocycles. The van der Waals surface area contributed by atoms with Gasteiger partial charge in [-0.1, -0.05) is 17.7 Å². The minimum Gasteiger partial charge on any atom is -0.462 e. The Hall–Kier alpha value is -1.85. The third-order valence-corrected chi connectivity index (χ3v) is 4.54. The van der Waals surface area contributed by atoms with Gasteiger partial charge >= 0.3 is 5.97 Å². The first-order valence-electron chi connectivity index (χ1n) is 6.78. The number of esters is 1. The van der Waals surface area contributed by atoms with E-state index in [9.17, 15) is 9.59 Å². The molecule has 0 spiro atoms. The van der Waals surface area contributed by atoms with Crippen LogP contribution >= 0.6 is 22.9 Å². The third-order valence-electron chi connectivity index (χ3n) is 3.18. The lowest BCUT2D eigenvalue weighted by Gasteiger charge is -2.07. The molecule has 0 fully saturated rings. The molecule has 22 heavy (non-hydrogen) atoms. The summed E-state index contributed by atoms with van der Waals surface area (Å²) in [6, 6.07) is 6.64. The summed E-state index contributed by atoms with van der Waals surface area (Å²) in [5.41, 5.74) is 1.68. The monoisotopic (exact) mass is 337 g/mol. The fourth-order valence-electron chi connectivity index (χ4n) is 1.97. The van der Waals surface area contributed by atoms with Crippen LogP contribution in [-0.4, -0.2) is 18.5 Å². The largest absolute Gasteiger partial charge is 0.462 e. The lowest BCUT2D eigenvalue weighted by molar-refractivity contribution is 0.0527. The Morgan fingerprint density at radius 2 is 2.05 bits per heavy atom. The Morgan fingerprint density at radius 1 is 1.32 bits per heavy atom. The molecule has 0 bridgehead atoms. The number of ether oxygens (including phenoxy) is 1. The summed E-state index contributed by atoms with van der Waals surface area (Å²) < 4.78 is 5.06. The molecule has 1 heterocycles. The SMILES string of the molecule is CCOC(=O)c1c(NC(=O)c2cccc(Cl)c2)sc(C)c1C. The summed E-state index contributed by atoms with van der Waals surface area (Å²) >= 11 is 7.25. The molecule has 6 heteroatoms. The predicted molar refractivity (Wildman–Crippen MR) is 89.2 cm³/mol. The summed E-state index contributed by atoms with van der Waals surface area (Å²) in [4.78, 5) is 25.4. The van der Waals surface area contributed by atoms with Crippen molar-refractivity contribution in [3.63, 3.8) is 0 Å². The van der Waals surface area contributed by atoms with E-state index in [2.05, 4.69) is 5.32 Å². The molecule has 0 unspecified atom stereocenters. The number of carbonyl (C=O) groups is 2. The van der Waals surface area contributed by atoms with Crippen LogP contribution < -0.4 is 5.32 Å². The highest BCUT2D eigenvalue weighted by Gasteiger charge is 2.22. The maximum atomic E-state index is 12.3. The van der Waals surface area contributed by atoms with Crippen molar-refractivity contribution < 1.29 is 14.3 Å². The number of hydrogen-bond donors (Lipinski definition) is 1. The van der Waals surface area contributed by atoms with Gasteiger partial charge in [0, 0.05) is 15.5 Å². The maximum Gasteiger partial charge on any atom is 0.341 e. The number of hydrogen-bond acceptors (Lipinski definition) is 4. The molecule has 1 N–H and O–H groups in total. The fourth-order valence-corrected chi connectivity index (χ4v) is 3.20. The number of rotatable bonds is 4. The van der Waals surface area contributed by atoms with Crippen LogP contribution in [0.25, 0.3) is 0 Å². The number of carbonyl (C=O) groups excluding carboxylic acids is 2. The van der Waals surface area contributed by atoms with Gasteiger partial charge in [-0.3, -0.25) is 4.79 Å². The van der Waals surface area contributed by atoms with Crippen LogP contribution in [0.4, 0.5) is 5.00 Å². The van der Waals surface area contributed by atoms with Crippen molar-refractivity contribution in [1.29, 1.82) is 0 Å². The average molecular weight is 338 g/mol. The molecule has 0 atom stereocenters. The molecule has 0 radical (unpaired) electrons. The van der Waals surface area contributed by atoms with Gasteiger partial charge in [0.2, 0.25) is 0 Å². The van der Waals surface area contributed by atoms with Gasteiger partial charge in [-0.25, -0.2) is 4.79 Å². The van der Waals surface area contributed by atoms with Crippen LogP contribution in [0.2, 0.25) is 5.02 Å². The van der Waals surface area contributed by atoms with Crippen molar-refractivity contribution in [2.45, 2.75) is 20.8 Å². The molecule has 0 aliphatic rings. The Morgan fingerprint density at radius 3 is 2.68 bits per heavy atom. The van der Waals surface area contributed by atoms with E-state index in [1.54, 1.807) is 31.2 Å². The Balaban J connectivity index is 2.31. The van der Waals surface area contributed by atoms with Gasteiger partial charge in [0.1, 0.15) is 5.00 Å². The zero-order valence-electron chi connectivity index (χ0n) is 12.5. The average Bonchev–Trinajstić information content (AvgIpc) is 2.74. The Kier molecular flexibility index (Phi) is 5.21. The molecule has 116 valence electrons. The molecule has 0 aliphatic carbocycles. The van der Waals surface area contributed by atoms with Crippen LogP contribution in [-0.2, 0) is 4.74 Å². The second-order valence-electron chi connectivity index (χ2n) is 4.67. The second-order valence-corrected chi connectivity index (χ2v) is 6.33. The Labute approximate surface area is 138 Å². The molecular formula is C16H16ClNO3S. The fraction of sp³-hybridized carbons (Fsp3) is 0.250. The van der Waals surface area contributed by atoms with E-state index in [-0.39, 0.29) is 12.5 Å². The normalized spacial score (nSPS) is 10.4. The lowest BCUT2D eigenvalue weighted by atomic mass is 10.1. The predicted octanol–water partition coefficient (Wildman–Crippen LogP) is 4.45. The second kappa shape index (κ2) is 6.94. The molecule has 1 aromatic carbocycles. The zero-order valence-corrected chi connectivity index (χ0v) is 14.1. The van der Waals surface area contributed by atoms with Gasteiger partial charge in [-0.15, -0.1) is 11.3 Å². The molecule has 1 aromatic heterocycles. The van der Waals surface area contributed by atoms with Gasteiger partial charge in [0.15, 0.2) is 0 Å². The third kappa shape index (κ3) is 3.48. The highest BCUT2D eigenvalue weighted by Crippen LogP contribution is 2.33. The van der Waals surface area contributed by atoms with E-state index in [0.29, 0.717) is 21.2 Å². The van der Waals surface area contributed by atoms with Gasteiger partial charge in [-0.05, 0) is 44.5 Å². The molecular weight excluding hydrogens is 322 g/mol. The van der Waals surface area contributed by atoms with E-state index >= 15 is 0 Å². The van der Waals surface area contributed by atoms with Gasteiger partial charge in [0.25, 0.3) is 5.91 Å². The summed E-state index contributed by atoms with van der Waals surface area (Å²) in [5.74, 6) is -0.736. The molecule has 2 aromatic rings. The quantitative estimate of drug-likeness (QED) is 0.839. The number of nitrogens with one attached hydrogen (secondary N) is 1. The molecule has 2 rings (SSSR count). The van der Waals surface area contributed by atoms with Crippen LogP contribution in [0.15, 0.2) is 24.3 Å². The van der Waals surface area contributed by atoms with E-state index in [1.165, 1.54) is 11.3 Å². The van der Waals surface area contributed by atoms with Crippen LogP contribution in [0.3, 0.4) is 0 Å². The van der Waals surface area contributed by atoms with E-state index in [1.807, 2.05) is 13.8 Å². The minimum absolute atomic E-state index is 0.287. The topological polar surface area (TPSA) is 55.4 Å². The summed E-state index contributed by atoms with van der Waals surface area (Å²) in [6.07, 6.45) is 0. The molecule has 0 saturated heterocycles. The standard InChI is InChI=1S/C16H16ClNO3S/c1-4-21-16(20)13-9(2)10(3)22-15(13)18-14(19)11-6-5-7-12(17)8-11/h5-8H,4H2,1-3H3,(H,18,19). The first-order valence-corrected chi connectivity index (χ1v) is 7.97. The van der Waals surface area contributed by atoms with Crippen molar-refractivity contribution in [1.82, 2.24) is 0 Å². The number of benzene rings is 1. The number of halogens is 1. The first-order chi connectivity index (χ1) is 10.4. The lowest BCUT2D eigenvalue weighted by Crippen LogP contribution is -2.14. The van der Waals surface area contributed by atoms with Crippen molar-refractivity contribution in [2.24, 2.45) is 0 Å². The summed E-state index contributed by atoms with van der Waals surface area (Å²) in [7, 11) is 0. The molecule has 1 amide bonds. The molecule has 4 nitrogen and oxygen atoms in total. The summed E-state index contributed by atoms with van der Waals surface area (Å²) in [5, 5.41) is 3.76.